The molecule has 2 amide bonds. The number of carbonyl (C=O) groups excluding carboxylic acids is 2. The highest BCUT2D eigenvalue weighted by Crippen LogP contribution is 2.32. The maximum atomic E-state index is 12.0. The molecule has 1 heterocycles. The molecule has 1 aliphatic heterocycles. The predicted octanol–water partition coefficient (Wildman–Crippen LogP) is 1.33. The van der Waals surface area contributed by atoms with Crippen LogP contribution in [0.1, 0.15) is 32.6 Å². The van der Waals surface area contributed by atoms with Crippen LogP contribution >= 0.6 is 0 Å². The minimum absolute atomic E-state index is 0.0409. The minimum atomic E-state index is -0.0409. The van der Waals surface area contributed by atoms with Gasteiger partial charge < -0.3 is 10.2 Å². The second-order valence-electron chi connectivity index (χ2n) is 5.57. The molecule has 1 N–H and O–H groups in total. The molecule has 100 valence electrons. The number of likely N-dealkylation sites (tertiary alicyclic amines) is 1. The van der Waals surface area contributed by atoms with E-state index in [9.17, 15) is 9.59 Å². The molecule has 1 unspecified atom stereocenters. The van der Waals surface area contributed by atoms with E-state index in [0.29, 0.717) is 13.1 Å². The van der Waals surface area contributed by atoms with Crippen molar-refractivity contribution in [2.24, 2.45) is 11.8 Å². The highest BCUT2D eigenvalue weighted by molar-refractivity contribution is 5.83. The Morgan fingerprint density at radius 3 is 2.61 bits per heavy atom. The maximum Gasteiger partial charge on any atom is 0.225 e. The van der Waals surface area contributed by atoms with E-state index in [1.54, 1.807) is 0 Å². The molecule has 0 aromatic carbocycles. The van der Waals surface area contributed by atoms with Crippen molar-refractivity contribution in [2.75, 3.05) is 19.6 Å². The van der Waals surface area contributed by atoms with Crippen LogP contribution in [-0.4, -0.2) is 36.3 Å². The van der Waals surface area contributed by atoms with Crippen molar-refractivity contribution in [1.82, 2.24) is 10.2 Å². The number of hydrogen-bond acceptors (Lipinski definition) is 2. The summed E-state index contributed by atoms with van der Waals surface area (Å²) >= 11 is 0. The zero-order chi connectivity index (χ0) is 13.1. The van der Waals surface area contributed by atoms with Gasteiger partial charge in [-0.3, -0.25) is 9.59 Å². The Morgan fingerprint density at radius 1 is 1.28 bits per heavy atom. The summed E-state index contributed by atoms with van der Waals surface area (Å²) in [4.78, 5) is 25.8. The average molecular weight is 250 g/mol. The molecule has 0 spiro atoms. The van der Waals surface area contributed by atoms with Crippen molar-refractivity contribution in [2.45, 2.75) is 32.6 Å². The van der Waals surface area contributed by atoms with Gasteiger partial charge in [-0.05, 0) is 32.6 Å². The Hall–Kier alpha value is -1.32. The lowest BCUT2D eigenvalue weighted by molar-refractivity contribution is -0.136. The fourth-order valence-corrected chi connectivity index (χ4v) is 2.36. The Balaban J connectivity index is 1.83. The van der Waals surface area contributed by atoms with Crippen LogP contribution in [0.5, 0.6) is 0 Å². The molecule has 4 nitrogen and oxygen atoms in total. The van der Waals surface area contributed by atoms with E-state index in [2.05, 4.69) is 11.9 Å². The van der Waals surface area contributed by atoms with Crippen molar-refractivity contribution in [1.29, 1.82) is 0 Å². The number of piperidine rings is 1. The molecule has 1 saturated carbocycles. The first-order valence-corrected chi connectivity index (χ1v) is 6.79. The average Bonchev–Trinajstić information content (AvgIpc) is 3.19. The summed E-state index contributed by atoms with van der Waals surface area (Å²) in [7, 11) is 0. The molecule has 2 aliphatic rings. The molecule has 4 heteroatoms. The fourth-order valence-electron chi connectivity index (χ4n) is 2.36. The van der Waals surface area contributed by atoms with E-state index >= 15 is 0 Å². The monoisotopic (exact) mass is 250 g/mol. The molecule has 0 radical (unpaired) electrons. The van der Waals surface area contributed by atoms with Crippen molar-refractivity contribution in [3.63, 3.8) is 0 Å². The standard InChI is InChI=1S/C14H22N2O2/c1-10(2)8-15-13(17)12-4-3-7-16(9-12)14(18)11-5-6-11/h11-12H,1,3-9H2,2H3,(H,15,17). The fraction of sp³-hybridized carbons (Fsp3) is 0.714. The number of nitrogens with zero attached hydrogens (tertiary/aromatic N) is 1. The van der Waals surface area contributed by atoms with Crippen molar-refractivity contribution >= 4 is 11.8 Å². The van der Waals surface area contributed by atoms with E-state index < -0.39 is 0 Å². The Morgan fingerprint density at radius 2 is 2.00 bits per heavy atom. The topological polar surface area (TPSA) is 49.4 Å². The first-order valence-electron chi connectivity index (χ1n) is 6.79. The third-order valence-electron chi connectivity index (χ3n) is 3.59. The molecule has 0 aromatic heterocycles. The summed E-state index contributed by atoms with van der Waals surface area (Å²) in [6.45, 7) is 7.61. The molecule has 2 fully saturated rings. The largest absolute Gasteiger partial charge is 0.352 e. The van der Waals surface area contributed by atoms with Crippen LogP contribution in [0.25, 0.3) is 0 Å². The highest BCUT2D eigenvalue weighted by Gasteiger charge is 2.36. The second kappa shape index (κ2) is 5.55. The molecule has 0 aromatic rings. The van der Waals surface area contributed by atoms with Crippen molar-refractivity contribution in [3.05, 3.63) is 12.2 Å². The first-order chi connectivity index (χ1) is 8.58. The summed E-state index contributed by atoms with van der Waals surface area (Å²) in [6, 6.07) is 0. The van der Waals surface area contributed by atoms with Crippen LogP contribution in [0, 0.1) is 11.8 Å². The van der Waals surface area contributed by atoms with Crippen LogP contribution in [0.15, 0.2) is 12.2 Å². The van der Waals surface area contributed by atoms with Crippen LogP contribution < -0.4 is 5.32 Å². The van der Waals surface area contributed by atoms with Gasteiger partial charge in [-0.1, -0.05) is 12.2 Å². The van der Waals surface area contributed by atoms with Crippen molar-refractivity contribution < 1.29 is 9.59 Å². The van der Waals surface area contributed by atoms with Gasteiger partial charge in [-0.25, -0.2) is 0 Å². The van der Waals surface area contributed by atoms with Gasteiger partial charge >= 0.3 is 0 Å². The minimum Gasteiger partial charge on any atom is -0.352 e. The van der Waals surface area contributed by atoms with Crippen molar-refractivity contribution in [3.8, 4) is 0 Å². The Bertz CT molecular complexity index is 361. The summed E-state index contributed by atoms with van der Waals surface area (Å²) in [5.74, 6) is 0.529. The SMILES string of the molecule is C=C(C)CNC(=O)C1CCCN(C(=O)C2CC2)C1. The van der Waals surface area contributed by atoms with Gasteiger partial charge in [0.05, 0.1) is 5.92 Å². The zero-order valence-electron chi connectivity index (χ0n) is 11.1. The van der Waals surface area contributed by atoms with Crippen LogP contribution in [0.3, 0.4) is 0 Å². The van der Waals surface area contributed by atoms with Gasteiger partial charge in [0.25, 0.3) is 0 Å². The van der Waals surface area contributed by atoms with Crippen LogP contribution in [-0.2, 0) is 9.59 Å². The third-order valence-corrected chi connectivity index (χ3v) is 3.59. The zero-order valence-corrected chi connectivity index (χ0v) is 11.1. The van der Waals surface area contributed by atoms with Gasteiger partial charge in [0.1, 0.15) is 0 Å². The summed E-state index contributed by atoms with van der Waals surface area (Å²) in [5.41, 5.74) is 0.949. The van der Waals surface area contributed by atoms with Gasteiger partial charge in [0, 0.05) is 25.6 Å². The smallest absolute Gasteiger partial charge is 0.225 e. The number of carbonyl (C=O) groups is 2. The highest BCUT2D eigenvalue weighted by atomic mass is 16.2. The van der Waals surface area contributed by atoms with Gasteiger partial charge in [0.15, 0.2) is 0 Å². The molecule has 1 saturated heterocycles. The number of rotatable bonds is 4. The quantitative estimate of drug-likeness (QED) is 0.765. The van der Waals surface area contributed by atoms with E-state index in [1.807, 2.05) is 11.8 Å². The lowest BCUT2D eigenvalue weighted by atomic mass is 9.96. The molecule has 18 heavy (non-hydrogen) atoms. The summed E-state index contributed by atoms with van der Waals surface area (Å²) < 4.78 is 0. The normalized spacial score (nSPS) is 23.6. The summed E-state index contributed by atoms with van der Waals surface area (Å²) in [5, 5.41) is 2.88. The molecular formula is C14H22N2O2. The molecular weight excluding hydrogens is 228 g/mol. The lowest BCUT2D eigenvalue weighted by Crippen LogP contribution is -2.46. The van der Waals surface area contributed by atoms with Gasteiger partial charge in [-0.2, -0.15) is 0 Å². The van der Waals surface area contributed by atoms with Crippen LogP contribution in [0.4, 0.5) is 0 Å². The molecule has 2 rings (SSSR count). The predicted molar refractivity (Wildman–Crippen MR) is 69.9 cm³/mol. The molecule has 1 aliphatic carbocycles. The van der Waals surface area contributed by atoms with Gasteiger partial charge in [-0.15, -0.1) is 0 Å². The number of amides is 2. The van der Waals surface area contributed by atoms with E-state index in [0.717, 1.165) is 37.8 Å². The van der Waals surface area contributed by atoms with E-state index in [-0.39, 0.29) is 23.7 Å². The molecule has 0 bridgehead atoms. The lowest BCUT2D eigenvalue weighted by Gasteiger charge is -2.32. The third kappa shape index (κ3) is 3.34. The number of nitrogens with one attached hydrogen (secondary N) is 1. The Labute approximate surface area is 108 Å². The maximum absolute atomic E-state index is 12.0. The van der Waals surface area contributed by atoms with Crippen LogP contribution in [0.2, 0.25) is 0 Å². The molecule has 1 atom stereocenters. The second-order valence-corrected chi connectivity index (χ2v) is 5.57. The van der Waals surface area contributed by atoms with Gasteiger partial charge in [0.2, 0.25) is 11.8 Å². The Kier molecular flexibility index (Phi) is 4.04. The first kappa shape index (κ1) is 13.1. The number of hydrogen-bond donors (Lipinski definition) is 1. The van der Waals surface area contributed by atoms with E-state index in [4.69, 9.17) is 0 Å². The summed E-state index contributed by atoms with van der Waals surface area (Å²) in [6.07, 6.45) is 3.88. The van der Waals surface area contributed by atoms with E-state index in [1.165, 1.54) is 0 Å².